The summed E-state index contributed by atoms with van der Waals surface area (Å²) in [6, 6.07) is 14.9. The van der Waals surface area contributed by atoms with Crippen LogP contribution in [0.5, 0.6) is 0 Å². The van der Waals surface area contributed by atoms with Crippen molar-refractivity contribution in [1.82, 2.24) is 0 Å². The minimum absolute atomic E-state index is 0.0792. The van der Waals surface area contributed by atoms with Crippen molar-refractivity contribution >= 4 is 39.2 Å². The summed E-state index contributed by atoms with van der Waals surface area (Å²) < 4.78 is 0.960. The first-order valence-corrected chi connectivity index (χ1v) is 7.64. The second-order valence-electron chi connectivity index (χ2n) is 4.70. The first kappa shape index (κ1) is 15.9. The molecule has 110 valence electrons. The van der Waals surface area contributed by atoms with Gasteiger partial charge in [0, 0.05) is 15.2 Å². The van der Waals surface area contributed by atoms with Crippen LogP contribution in [0.15, 0.2) is 53.0 Å². The molecule has 0 amide bonds. The van der Waals surface area contributed by atoms with E-state index in [1.807, 2.05) is 48.2 Å². The van der Waals surface area contributed by atoms with E-state index in [0.717, 1.165) is 15.7 Å². The van der Waals surface area contributed by atoms with Gasteiger partial charge in [-0.2, -0.15) is 0 Å². The third-order valence-corrected chi connectivity index (χ3v) is 4.26. The van der Waals surface area contributed by atoms with Crippen molar-refractivity contribution in [2.45, 2.75) is 13.0 Å². The van der Waals surface area contributed by atoms with Gasteiger partial charge in [-0.3, -0.25) is 4.79 Å². The van der Waals surface area contributed by atoms with Gasteiger partial charge in [0.25, 0.3) is 0 Å². The molecular weight excluding hydrogens is 354 g/mol. The number of aliphatic carboxylic acids is 1. The molecule has 5 heteroatoms. The molecule has 0 aromatic heterocycles. The summed E-state index contributed by atoms with van der Waals surface area (Å²) in [6.07, 6.45) is 0. The molecule has 0 saturated carbocycles. The number of halogens is 2. The Labute approximate surface area is 137 Å². The zero-order valence-electron chi connectivity index (χ0n) is 11.5. The van der Waals surface area contributed by atoms with Crippen molar-refractivity contribution in [3.05, 3.63) is 63.6 Å². The van der Waals surface area contributed by atoms with Crippen LogP contribution >= 0.6 is 27.5 Å². The average molecular weight is 369 g/mol. The Balaban J connectivity index is 2.38. The Bertz CT molecular complexity index is 630. The summed E-state index contributed by atoms with van der Waals surface area (Å²) in [5.41, 5.74) is 1.86. The minimum Gasteiger partial charge on any atom is -0.480 e. The second kappa shape index (κ2) is 6.96. The molecule has 3 nitrogen and oxygen atoms in total. The molecule has 2 aromatic carbocycles. The summed E-state index contributed by atoms with van der Waals surface area (Å²) >= 11 is 9.42. The first-order chi connectivity index (χ1) is 9.99. The number of carbonyl (C=O) groups is 1. The molecular formula is C16H15BrClNO2. The number of benzene rings is 2. The van der Waals surface area contributed by atoms with Crippen LogP contribution in [-0.2, 0) is 4.79 Å². The Kier molecular flexibility index (Phi) is 5.26. The molecule has 0 aliphatic heterocycles. The normalized spacial score (nSPS) is 12.0. The van der Waals surface area contributed by atoms with Crippen LogP contribution < -0.4 is 4.90 Å². The SMILES string of the molecule is CC(c1ccccc1Br)N(CC(=O)O)c1ccc(Cl)cc1. The van der Waals surface area contributed by atoms with Crippen molar-refractivity contribution in [2.24, 2.45) is 0 Å². The molecule has 0 aliphatic rings. The van der Waals surface area contributed by atoms with Gasteiger partial charge in [0.05, 0.1) is 6.04 Å². The summed E-state index contributed by atoms with van der Waals surface area (Å²) in [5, 5.41) is 9.81. The van der Waals surface area contributed by atoms with Crippen molar-refractivity contribution in [3.63, 3.8) is 0 Å². The van der Waals surface area contributed by atoms with Crippen LogP contribution in [0.3, 0.4) is 0 Å². The number of carboxylic acids is 1. The third kappa shape index (κ3) is 3.99. The van der Waals surface area contributed by atoms with Crippen LogP contribution in [0.25, 0.3) is 0 Å². The van der Waals surface area contributed by atoms with Gasteiger partial charge < -0.3 is 10.0 Å². The van der Waals surface area contributed by atoms with Gasteiger partial charge in [-0.15, -0.1) is 0 Å². The Hall–Kier alpha value is -1.52. The Morgan fingerprint density at radius 3 is 2.43 bits per heavy atom. The smallest absolute Gasteiger partial charge is 0.323 e. The van der Waals surface area contributed by atoms with E-state index >= 15 is 0 Å². The van der Waals surface area contributed by atoms with E-state index in [9.17, 15) is 9.90 Å². The molecule has 2 aromatic rings. The first-order valence-electron chi connectivity index (χ1n) is 6.47. The summed E-state index contributed by atoms with van der Waals surface area (Å²) in [6.45, 7) is 1.90. The van der Waals surface area contributed by atoms with E-state index in [-0.39, 0.29) is 12.6 Å². The average Bonchev–Trinajstić information content (AvgIpc) is 2.45. The van der Waals surface area contributed by atoms with E-state index in [2.05, 4.69) is 15.9 Å². The van der Waals surface area contributed by atoms with E-state index in [1.165, 1.54) is 0 Å². The third-order valence-electron chi connectivity index (χ3n) is 3.29. The number of rotatable bonds is 5. The van der Waals surface area contributed by atoms with Gasteiger partial charge >= 0.3 is 5.97 Å². The molecule has 0 fully saturated rings. The van der Waals surface area contributed by atoms with E-state index < -0.39 is 5.97 Å². The zero-order chi connectivity index (χ0) is 15.4. The molecule has 21 heavy (non-hydrogen) atoms. The molecule has 2 rings (SSSR count). The molecule has 1 unspecified atom stereocenters. The fourth-order valence-corrected chi connectivity index (χ4v) is 2.95. The highest BCUT2D eigenvalue weighted by Crippen LogP contribution is 2.31. The minimum atomic E-state index is -0.871. The fraction of sp³-hybridized carbons (Fsp3) is 0.188. The van der Waals surface area contributed by atoms with Crippen molar-refractivity contribution in [3.8, 4) is 0 Å². The lowest BCUT2D eigenvalue weighted by molar-refractivity contribution is -0.135. The Morgan fingerprint density at radius 1 is 1.24 bits per heavy atom. The van der Waals surface area contributed by atoms with Crippen LogP contribution in [0.1, 0.15) is 18.5 Å². The maximum Gasteiger partial charge on any atom is 0.323 e. The number of carboxylic acid groups (broad SMARTS) is 1. The van der Waals surface area contributed by atoms with E-state index in [4.69, 9.17) is 11.6 Å². The molecule has 0 saturated heterocycles. The highest BCUT2D eigenvalue weighted by atomic mass is 79.9. The number of nitrogens with zero attached hydrogens (tertiary/aromatic N) is 1. The highest BCUT2D eigenvalue weighted by Gasteiger charge is 2.20. The molecule has 0 bridgehead atoms. The summed E-state index contributed by atoms with van der Waals surface area (Å²) in [7, 11) is 0. The van der Waals surface area contributed by atoms with Crippen LogP contribution in [0, 0.1) is 0 Å². The standard InChI is InChI=1S/C16H15BrClNO2/c1-11(14-4-2-3-5-15(14)17)19(10-16(20)21)13-8-6-12(18)7-9-13/h2-9,11H,10H2,1H3,(H,20,21). The molecule has 1 atom stereocenters. The van der Waals surface area contributed by atoms with Gasteiger partial charge in [-0.05, 0) is 42.8 Å². The van der Waals surface area contributed by atoms with Crippen LogP contribution in [0.2, 0.25) is 5.02 Å². The van der Waals surface area contributed by atoms with Gasteiger partial charge in [0.2, 0.25) is 0 Å². The lowest BCUT2D eigenvalue weighted by Gasteiger charge is -2.31. The van der Waals surface area contributed by atoms with Gasteiger partial charge in [-0.1, -0.05) is 45.7 Å². The zero-order valence-corrected chi connectivity index (χ0v) is 13.8. The quantitative estimate of drug-likeness (QED) is 0.827. The highest BCUT2D eigenvalue weighted by molar-refractivity contribution is 9.10. The van der Waals surface area contributed by atoms with Gasteiger partial charge in [-0.25, -0.2) is 0 Å². The number of hydrogen-bond acceptors (Lipinski definition) is 2. The predicted molar refractivity (Wildman–Crippen MR) is 89.0 cm³/mol. The molecule has 0 spiro atoms. The van der Waals surface area contributed by atoms with Crippen molar-refractivity contribution < 1.29 is 9.90 Å². The molecule has 0 radical (unpaired) electrons. The van der Waals surface area contributed by atoms with Crippen LogP contribution in [0.4, 0.5) is 5.69 Å². The van der Waals surface area contributed by atoms with Crippen molar-refractivity contribution in [1.29, 1.82) is 0 Å². The van der Waals surface area contributed by atoms with E-state index in [1.54, 1.807) is 12.1 Å². The second-order valence-corrected chi connectivity index (χ2v) is 5.99. The Morgan fingerprint density at radius 2 is 1.86 bits per heavy atom. The number of anilines is 1. The monoisotopic (exact) mass is 367 g/mol. The topological polar surface area (TPSA) is 40.5 Å². The van der Waals surface area contributed by atoms with Crippen LogP contribution in [-0.4, -0.2) is 17.6 Å². The molecule has 0 aliphatic carbocycles. The number of hydrogen-bond donors (Lipinski definition) is 1. The van der Waals surface area contributed by atoms with Crippen molar-refractivity contribution in [2.75, 3.05) is 11.4 Å². The molecule has 1 N–H and O–H groups in total. The maximum atomic E-state index is 11.2. The van der Waals surface area contributed by atoms with Gasteiger partial charge in [0.1, 0.15) is 6.54 Å². The predicted octanol–water partition coefficient (Wildman–Crippen LogP) is 4.75. The molecule has 0 heterocycles. The van der Waals surface area contributed by atoms with E-state index in [0.29, 0.717) is 5.02 Å². The maximum absolute atomic E-state index is 11.2. The lowest BCUT2D eigenvalue weighted by Crippen LogP contribution is -2.32. The fourth-order valence-electron chi connectivity index (χ4n) is 2.21. The largest absolute Gasteiger partial charge is 0.480 e. The van der Waals surface area contributed by atoms with Gasteiger partial charge in [0.15, 0.2) is 0 Å². The summed E-state index contributed by atoms with van der Waals surface area (Å²) in [5.74, 6) is -0.871. The lowest BCUT2D eigenvalue weighted by atomic mass is 10.1. The summed E-state index contributed by atoms with van der Waals surface area (Å²) in [4.78, 5) is 13.0.